The van der Waals surface area contributed by atoms with Crippen LogP contribution in [0.1, 0.15) is 24.1 Å². The van der Waals surface area contributed by atoms with E-state index in [1.54, 1.807) is 0 Å². The summed E-state index contributed by atoms with van der Waals surface area (Å²) < 4.78 is 5.51. The van der Waals surface area contributed by atoms with Gasteiger partial charge < -0.3 is 10.5 Å². The first-order valence-corrected chi connectivity index (χ1v) is 4.77. The average molecular weight is 234 g/mol. The van der Waals surface area contributed by atoms with Crippen LogP contribution in [-0.2, 0) is 6.42 Å². The summed E-state index contributed by atoms with van der Waals surface area (Å²) >= 11 is 5.96. The molecule has 0 spiro atoms. The standard InChI is InChI=1S/C10H12ClNO.ClH/c1-6(12)9-5-8(11)4-7-2-3-13-10(7)9;/h4-6H,2-3,12H2,1H3;1H. The minimum Gasteiger partial charge on any atom is -0.493 e. The molecular weight excluding hydrogens is 221 g/mol. The van der Waals surface area contributed by atoms with Gasteiger partial charge in [0.15, 0.2) is 0 Å². The number of hydrogen-bond acceptors (Lipinski definition) is 2. The van der Waals surface area contributed by atoms with Crippen molar-refractivity contribution in [1.29, 1.82) is 0 Å². The average Bonchev–Trinajstić information content (AvgIpc) is 2.49. The number of benzene rings is 1. The number of nitrogens with two attached hydrogens (primary N) is 1. The summed E-state index contributed by atoms with van der Waals surface area (Å²) in [5.74, 6) is 0.944. The number of ether oxygens (including phenoxy) is 1. The molecule has 78 valence electrons. The van der Waals surface area contributed by atoms with Gasteiger partial charge in [-0.2, -0.15) is 0 Å². The van der Waals surface area contributed by atoms with Crippen molar-refractivity contribution in [2.75, 3.05) is 6.61 Å². The van der Waals surface area contributed by atoms with Crippen LogP contribution in [0.15, 0.2) is 12.1 Å². The molecule has 2 rings (SSSR count). The molecule has 4 heteroatoms. The highest BCUT2D eigenvalue weighted by Crippen LogP contribution is 2.35. The fourth-order valence-corrected chi connectivity index (χ4v) is 1.89. The highest BCUT2D eigenvalue weighted by atomic mass is 35.5. The van der Waals surface area contributed by atoms with Gasteiger partial charge in [0.2, 0.25) is 0 Å². The molecule has 14 heavy (non-hydrogen) atoms. The summed E-state index contributed by atoms with van der Waals surface area (Å²) in [5, 5.41) is 0.747. The minimum atomic E-state index is -0.0226. The molecule has 0 amide bonds. The topological polar surface area (TPSA) is 35.2 Å². The summed E-state index contributed by atoms with van der Waals surface area (Å²) in [6, 6.07) is 3.82. The summed E-state index contributed by atoms with van der Waals surface area (Å²) in [7, 11) is 0. The highest BCUT2D eigenvalue weighted by molar-refractivity contribution is 6.30. The van der Waals surface area contributed by atoms with E-state index in [1.165, 1.54) is 5.56 Å². The molecule has 0 aromatic heterocycles. The Hall–Kier alpha value is -0.440. The SMILES string of the molecule is CC(N)c1cc(Cl)cc2c1OCC2.Cl. The third kappa shape index (κ3) is 1.97. The molecule has 1 aromatic rings. The fourth-order valence-electron chi connectivity index (χ4n) is 1.64. The monoisotopic (exact) mass is 233 g/mol. The van der Waals surface area contributed by atoms with Crippen molar-refractivity contribution in [3.8, 4) is 5.75 Å². The van der Waals surface area contributed by atoms with Crippen LogP contribution in [0, 0.1) is 0 Å². The van der Waals surface area contributed by atoms with E-state index in [0.717, 1.165) is 29.4 Å². The lowest BCUT2D eigenvalue weighted by Crippen LogP contribution is -2.06. The predicted octanol–water partition coefficient (Wildman–Crippen LogP) is 2.72. The van der Waals surface area contributed by atoms with E-state index in [2.05, 4.69) is 0 Å². The van der Waals surface area contributed by atoms with Gasteiger partial charge in [-0.3, -0.25) is 0 Å². The molecule has 0 saturated heterocycles. The Labute approximate surface area is 94.8 Å². The first-order valence-electron chi connectivity index (χ1n) is 4.39. The smallest absolute Gasteiger partial charge is 0.127 e. The lowest BCUT2D eigenvalue weighted by molar-refractivity contribution is 0.352. The summed E-state index contributed by atoms with van der Waals surface area (Å²) in [4.78, 5) is 0. The summed E-state index contributed by atoms with van der Waals surface area (Å²) in [5.41, 5.74) is 8.01. The zero-order chi connectivity index (χ0) is 9.42. The van der Waals surface area contributed by atoms with Gasteiger partial charge in [-0.1, -0.05) is 11.6 Å². The van der Waals surface area contributed by atoms with Gasteiger partial charge in [-0.15, -0.1) is 12.4 Å². The number of fused-ring (bicyclic) bond motifs is 1. The normalized spacial score (nSPS) is 15.4. The van der Waals surface area contributed by atoms with Gasteiger partial charge in [0.05, 0.1) is 6.61 Å². The van der Waals surface area contributed by atoms with E-state index in [1.807, 2.05) is 19.1 Å². The van der Waals surface area contributed by atoms with E-state index < -0.39 is 0 Å². The molecule has 0 fully saturated rings. The molecule has 1 heterocycles. The molecule has 1 atom stereocenters. The van der Waals surface area contributed by atoms with Crippen LogP contribution >= 0.6 is 24.0 Å². The summed E-state index contributed by atoms with van der Waals surface area (Å²) in [6.07, 6.45) is 0.940. The fraction of sp³-hybridized carbons (Fsp3) is 0.400. The Balaban J connectivity index is 0.000000980. The zero-order valence-electron chi connectivity index (χ0n) is 7.92. The van der Waals surface area contributed by atoms with Gasteiger partial charge in [-0.05, 0) is 24.6 Å². The number of rotatable bonds is 1. The van der Waals surface area contributed by atoms with E-state index in [4.69, 9.17) is 22.1 Å². The molecule has 2 N–H and O–H groups in total. The van der Waals surface area contributed by atoms with Crippen molar-refractivity contribution >= 4 is 24.0 Å². The molecular formula is C10H13Cl2NO. The second-order valence-electron chi connectivity index (χ2n) is 3.37. The van der Waals surface area contributed by atoms with E-state index in [-0.39, 0.29) is 18.4 Å². The van der Waals surface area contributed by atoms with Crippen molar-refractivity contribution in [2.24, 2.45) is 5.73 Å². The molecule has 0 aliphatic carbocycles. The molecule has 1 unspecified atom stereocenters. The van der Waals surface area contributed by atoms with Crippen molar-refractivity contribution in [1.82, 2.24) is 0 Å². The van der Waals surface area contributed by atoms with Crippen LogP contribution in [0.3, 0.4) is 0 Å². The third-order valence-corrected chi connectivity index (χ3v) is 2.49. The Kier molecular flexibility index (Phi) is 3.65. The maximum atomic E-state index is 5.96. The lowest BCUT2D eigenvalue weighted by atomic mass is 10.0. The summed E-state index contributed by atoms with van der Waals surface area (Å²) in [6.45, 7) is 2.68. The Morgan fingerprint density at radius 2 is 2.21 bits per heavy atom. The maximum absolute atomic E-state index is 5.96. The van der Waals surface area contributed by atoms with Crippen molar-refractivity contribution in [3.05, 3.63) is 28.3 Å². The van der Waals surface area contributed by atoms with E-state index >= 15 is 0 Å². The van der Waals surface area contributed by atoms with Crippen molar-refractivity contribution in [3.63, 3.8) is 0 Å². The quantitative estimate of drug-likeness (QED) is 0.810. The van der Waals surface area contributed by atoms with Crippen molar-refractivity contribution < 1.29 is 4.74 Å². The van der Waals surface area contributed by atoms with Crippen LogP contribution in [0.4, 0.5) is 0 Å². The van der Waals surface area contributed by atoms with Gasteiger partial charge in [0.25, 0.3) is 0 Å². The highest BCUT2D eigenvalue weighted by Gasteiger charge is 2.19. The van der Waals surface area contributed by atoms with Crippen molar-refractivity contribution in [2.45, 2.75) is 19.4 Å². The maximum Gasteiger partial charge on any atom is 0.127 e. The Morgan fingerprint density at radius 3 is 2.86 bits per heavy atom. The first-order chi connectivity index (χ1) is 6.18. The Bertz CT molecular complexity index is 339. The van der Waals surface area contributed by atoms with Gasteiger partial charge >= 0.3 is 0 Å². The third-order valence-electron chi connectivity index (χ3n) is 2.27. The van der Waals surface area contributed by atoms with Crippen LogP contribution in [0.5, 0.6) is 5.75 Å². The molecule has 0 radical (unpaired) electrons. The second kappa shape index (κ2) is 4.39. The molecule has 0 bridgehead atoms. The molecule has 1 aromatic carbocycles. The molecule has 1 aliphatic rings. The lowest BCUT2D eigenvalue weighted by Gasteiger charge is -2.11. The van der Waals surface area contributed by atoms with Crippen LogP contribution in [0.25, 0.3) is 0 Å². The minimum absolute atomic E-state index is 0. The van der Waals surface area contributed by atoms with Crippen LogP contribution in [-0.4, -0.2) is 6.61 Å². The van der Waals surface area contributed by atoms with Crippen LogP contribution in [0.2, 0.25) is 5.02 Å². The van der Waals surface area contributed by atoms with Gasteiger partial charge in [0.1, 0.15) is 5.75 Å². The predicted molar refractivity (Wildman–Crippen MR) is 60.5 cm³/mol. The Morgan fingerprint density at radius 1 is 1.50 bits per heavy atom. The zero-order valence-corrected chi connectivity index (χ0v) is 9.49. The molecule has 2 nitrogen and oxygen atoms in total. The van der Waals surface area contributed by atoms with E-state index in [0.29, 0.717) is 0 Å². The largest absolute Gasteiger partial charge is 0.493 e. The first kappa shape index (κ1) is 11.6. The van der Waals surface area contributed by atoms with Gasteiger partial charge in [-0.25, -0.2) is 0 Å². The second-order valence-corrected chi connectivity index (χ2v) is 3.81. The van der Waals surface area contributed by atoms with Crippen LogP contribution < -0.4 is 10.5 Å². The van der Waals surface area contributed by atoms with E-state index in [9.17, 15) is 0 Å². The number of hydrogen-bond donors (Lipinski definition) is 1. The molecule has 1 aliphatic heterocycles. The van der Waals surface area contributed by atoms with Gasteiger partial charge in [0, 0.05) is 23.0 Å². The molecule has 0 saturated carbocycles. The number of halogens is 2.